The second-order valence-electron chi connectivity index (χ2n) is 7.78. The van der Waals surface area contributed by atoms with Crippen molar-refractivity contribution in [3.63, 3.8) is 0 Å². The van der Waals surface area contributed by atoms with Crippen LogP contribution in [0.4, 0.5) is 5.13 Å². The van der Waals surface area contributed by atoms with Crippen LogP contribution in [0.25, 0.3) is 22.2 Å². The van der Waals surface area contributed by atoms with E-state index in [0.717, 1.165) is 46.4 Å². The van der Waals surface area contributed by atoms with Gasteiger partial charge in [0.05, 0.1) is 5.69 Å². The molecule has 4 aromatic rings. The summed E-state index contributed by atoms with van der Waals surface area (Å²) in [6.45, 7) is 3.44. The van der Waals surface area contributed by atoms with Crippen LogP contribution in [0.2, 0.25) is 0 Å². The second kappa shape index (κ2) is 8.00. The number of H-pyrrole nitrogens is 1. The molecule has 2 N–H and O–H groups in total. The molecule has 0 saturated carbocycles. The van der Waals surface area contributed by atoms with Gasteiger partial charge in [0.15, 0.2) is 5.13 Å². The van der Waals surface area contributed by atoms with Gasteiger partial charge in [-0.3, -0.25) is 14.9 Å². The zero-order valence-electron chi connectivity index (χ0n) is 17.1. The fourth-order valence-corrected chi connectivity index (χ4v) is 4.77. The highest BCUT2D eigenvalue weighted by Crippen LogP contribution is 2.34. The summed E-state index contributed by atoms with van der Waals surface area (Å²) in [4.78, 5) is 34.4. The topological polar surface area (TPSA) is 78.1 Å². The summed E-state index contributed by atoms with van der Waals surface area (Å²) < 4.78 is 0. The lowest BCUT2D eigenvalue weighted by Gasteiger charge is -2.15. The average molecular weight is 431 g/mol. The average Bonchev–Trinajstić information content (AvgIpc) is 3.47. The number of aryl methyl sites for hydroxylation is 1. The van der Waals surface area contributed by atoms with E-state index in [1.165, 1.54) is 11.3 Å². The normalized spacial score (nSPS) is 13.8. The predicted octanol–water partition coefficient (Wildman–Crippen LogP) is 4.97. The number of carbonyl (C=O) groups excluding carboxylic acids is 2. The molecule has 3 heterocycles. The highest BCUT2D eigenvalue weighted by Gasteiger charge is 2.20. The number of hydrogen-bond acceptors (Lipinski definition) is 4. The van der Waals surface area contributed by atoms with Gasteiger partial charge in [0, 0.05) is 52.6 Å². The summed E-state index contributed by atoms with van der Waals surface area (Å²) in [5.74, 6) is 0.00665. The Morgan fingerprint density at radius 3 is 2.77 bits per heavy atom. The first-order chi connectivity index (χ1) is 15.1. The largest absolute Gasteiger partial charge is 0.358 e. The van der Waals surface area contributed by atoms with Crippen LogP contribution in [0.5, 0.6) is 0 Å². The van der Waals surface area contributed by atoms with Gasteiger partial charge >= 0.3 is 0 Å². The van der Waals surface area contributed by atoms with Crippen molar-refractivity contribution in [1.29, 1.82) is 0 Å². The van der Waals surface area contributed by atoms with Crippen LogP contribution in [0.15, 0.2) is 53.9 Å². The van der Waals surface area contributed by atoms with Crippen molar-refractivity contribution in [2.24, 2.45) is 0 Å². The molecule has 1 saturated heterocycles. The molecule has 1 aliphatic rings. The Balaban J connectivity index is 1.29. The van der Waals surface area contributed by atoms with Gasteiger partial charge in [-0.05, 0) is 37.1 Å². The minimum atomic E-state index is -0.194. The maximum atomic E-state index is 12.7. The molecule has 31 heavy (non-hydrogen) atoms. The lowest BCUT2D eigenvalue weighted by Crippen LogP contribution is -2.23. The number of carbonyl (C=O) groups is 2. The summed E-state index contributed by atoms with van der Waals surface area (Å²) in [6.07, 6.45) is 1.56. The number of amides is 2. The molecule has 0 atom stereocenters. The smallest absolute Gasteiger partial charge is 0.257 e. The summed E-state index contributed by atoms with van der Waals surface area (Å²) in [5, 5.41) is 6.55. The standard InChI is InChI=1S/C24H22N4O2S/c1-15-22(18-5-2-3-6-19(18)25-15)20-14-31-24(26-20)27-23(30)17-10-8-16(9-11-17)13-28-12-4-7-21(28)29/h2-3,5-6,8-11,14,25H,4,7,12-13H2,1H3,(H,26,27,30). The Kier molecular flexibility index (Phi) is 5.03. The number of fused-ring (bicyclic) bond motifs is 1. The van der Waals surface area contributed by atoms with Crippen molar-refractivity contribution in [3.05, 3.63) is 70.7 Å². The zero-order chi connectivity index (χ0) is 21.4. The minimum Gasteiger partial charge on any atom is -0.358 e. The van der Waals surface area contributed by atoms with Crippen LogP contribution < -0.4 is 5.32 Å². The van der Waals surface area contributed by atoms with Crippen molar-refractivity contribution in [2.45, 2.75) is 26.3 Å². The minimum absolute atomic E-state index is 0.194. The van der Waals surface area contributed by atoms with Crippen molar-refractivity contribution in [3.8, 4) is 11.3 Å². The summed E-state index contributed by atoms with van der Waals surface area (Å²) in [6, 6.07) is 15.5. The zero-order valence-corrected chi connectivity index (χ0v) is 18.0. The van der Waals surface area contributed by atoms with Crippen LogP contribution >= 0.6 is 11.3 Å². The number of nitrogens with zero attached hydrogens (tertiary/aromatic N) is 2. The van der Waals surface area contributed by atoms with E-state index in [2.05, 4.69) is 21.4 Å². The van der Waals surface area contributed by atoms with Gasteiger partial charge in [-0.25, -0.2) is 4.98 Å². The second-order valence-corrected chi connectivity index (χ2v) is 8.64. The molecule has 2 aromatic heterocycles. The van der Waals surface area contributed by atoms with Gasteiger partial charge in [-0.15, -0.1) is 11.3 Å². The van der Waals surface area contributed by atoms with Gasteiger partial charge < -0.3 is 9.88 Å². The number of thiazole rings is 1. The van der Waals surface area contributed by atoms with Gasteiger partial charge in [0.2, 0.25) is 5.91 Å². The number of aromatic amines is 1. The van der Waals surface area contributed by atoms with E-state index in [9.17, 15) is 9.59 Å². The molecule has 2 aromatic carbocycles. The molecule has 7 heteroatoms. The number of likely N-dealkylation sites (tertiary alicyclic amines) is 1. The number of aromatic nitrogens is 2. The molecule has 1 aliphatic heterocycles. The van der Waals surface area contributed by atoms with Gasteiger partial charge in [-0.1, -0.05) is 30.3 Å². The van der Waals surface area contributed by atoms with E-state index < -0.39 is 0 Å². The van der Waals surface area contributed by atoms with E-state index in [1.54, 1.807) is 12.1 Å². The maximum Gasteiger partial charge on any atom is 0.257 e. The first kappa shape index (κ1) is 19.5. The monoisotopic (exact) mass is 430 g/mol. The van der Waals surface area contributed by atoms with Gasteiger partial charge in [0.1, 0.15) is 0 Å². The maximum absolute atomic E-state index is 12.7. The molecule has 1 fully saturated rings. The number of hydrogen-bond donors (Lipinski definition) is 2. The fraction of sp³-hybridized carbons (Fsp3) is 0.208. The molecule has 6 nitrogen and oxygen atoms in total. The molecule has 0 spiro atoms. The Labute approximate surface area is 183 Å². The Hall–Kier alpha value is -3.45. The SMILES string of the molecule is Cc1[nH]c2ccccc2c1-c1csc(NC(=O)c2ccc(CN3CCCC3=O)cc2)n1. The van der Waals surface area contributed by atoms with E-state index in [4.69, 9.17) is 0 Å². The highest BCUT2D eigenvalue weighted by atomic mass is 32.1. The molecule has 0 bridgehead atoms. The summed E-state index contributed by atoms with van der Waals surface area (Å²) in [5.41, 5.74) is 5.63. The van der Waals surface area contributed by atoms with Gasteiger partial charge in [-0.2, -0.15) is 0 Å². The lowest BCUT2D eigenvalue weighted by atomic mass is 10.1. The third-order valence-electron chi connectivity index (χ3n) is 5.64. The van der Waals surface area contributed by atoms with Crippen LogP contribution in [-0.4, -0.2) is 33.2 Å². The first-order valence-corrected chi connectivity index (χ1v) is 11.2. The molecule has 0 radical (unpaired) electrons. The predicted molar refractivity (Wildman–Crippen MR) is 123 cm³/mol. The number of nitrogens with one attached hydrogen (secondary N) is 2. The van der Waals surface area contributed by atoms with Crippen molar-refractivity contribution < 1.29 is 9.59 Å². The van der Waals surface area contributed by atoms with Crippen molar-refractivity contribution in [1.82, 2.24) is 14.9 Å². The lowest BCUT2D eigenvalue weighted by molar-refractivity contribution is -0.128. The first-order valence-electron chi connectivity index (χ1n) is 10.3. The molecule has 5 rings (SSSR count). The highest BCUT2D eigenvalue weighted by molar-refractivity contribution is 7.14. The quantitative estimate of drug-likeness (QED) is 0.469. The number of anilines is 1. The molecule has 0 unspecified atom stereocenters. The Bertz CT molecular complexity index is 1270. The molecular formula is C24H22N4O2S. The Morgan fingerprint density at radius 1 is 1.19 bits per heavy atom. The number of rotatable bonds is 5. The van der Waals surface area contributed by atoms with Crippen LogP contribution in [0.1, 0.15) is 34.5 Å². The van der Waals surface area contributed by atoms with Crippen LogP contribution in [0, 0.1) is 6.92 Å². The van der Waals surface area contributed by atoms with E-state index in [1.807, 2.05) is 47.5 Å². The molecule has 156 valence electrons. The van der Waals surface area contributed by atoms with Crippen LogP contribution in [-0.2, 0) is 11.3 Å². The van der Waals surface area contributed by atoms with Crippen LogP contribution in [0.3, 0.4) is 0 Å². The van der Waals surface area contributed by atoms with E-state index >= 15 is 0 Å². The number of para-hydroxylation sites is 1. The molecule has 0 aliphatic carbocycles. The number of benzene rings is 2. The third kappa shape index (κ3) is 3.84. The van der Waals surface area contributed by atoms with E-state index in [0.29, 0.717) is 23.7 Å². The fourth-order valence-electron chi connectivity index (χ4n) is 4.08. The van der Waals surface area contributed by atoms with Crippen molar-refractivity contribution >= 4 is 39.2 Å². The van der Waals surface area contributed by atoms with E-state index in [-0.39, 0.29) is 11.8 Å². The Morgan fingerprint density at radius 2 is 2.00 bits per heavy atom. The summed E-state index contributed by atoms with van der Waals surface area (Å²) in [7, 11) is 0. The summed E-state index contributed by atoms with van der Waals surface area (Å²) >= 11 is 1.41. The van der Waals surface area contributed by atoms with Gasteiger partial charge in [0.25, 0.3) is 5.91 Å². The molecule has 2 amide bonds. The van der Waals surface area contributed by atoms with Crippen molar-refractivity contribution in [2.75, 3.05) is 11.9 Å². The molecular weight excluding hydrogens is 408 g/mol. The third-order valence-corrected chi connectivity index (χ3v) is 6.39.